The smallest absolute Gasteiger partial charge is 0.158 e. The van der Waals surface area contributed by atoms with Crippen molar-refractivity contribution in [3.63, 3.8) is 0 Å². The molecule has 18 heavy (non-hydrogen) atoms. The summed E-state index contributed by atoms with van der Waals surface area (Å²) in [5.74, 6) is 0.814. The van der Waals surface area contributed by atoms with Crippen molar-refractivity contribution in [1.82, 2.24) is 20.3 Å². The van der Waals surface area contributed by atoms with Crippen LogP contribution in [0.2, 0.25) is 0 Å². The molecule has 1 aromatic carbocycles. The Morgan fingerprint density at radius 3 is 3.11 bits per heavy atom. The zero-order valence-electron chi connectivity index (χ0n) is 10.1. The SMILES string of the molecule is CNCc1cc(Cn2ncc3ccccc32)on1. The van der Waals surface area contributed by atoms with E-state index in [1.807, 2.05) is 48.3 Å². The van der Waals surface area contributed by atoms with Crippen LogP contribution in [0.4, 0.5) is 0 Å². The molecule has 0 radical (unpaired) electrons. The number of nitrogens with one attached hydrogen (secondary N) is 1. The third kappa shape index (κ3) is 2.00. The van der Waals surface area contributed by atoms with E-state index in [2.05, 4.69) is 15.6 Å². The molecule has 0 unspecified atom stereocenters. The summed E-state index contributed by atoms with van der Waals surface area (Å²) in [7, 11) is 1.88. The summed E-state index contributed by atoms with van der Waals surface area (Å²) in [6.07, 6.45) is 1.86. The number of hydrogen-bond acceptors (Lipinski definition) is 4. The highest BCUT2D eigenvalue weighted by atomic mass is 16.5. The maximum atomic E-state index is 5.29. The second-order valence-corrected chi connectivity index (χ2v) is 4.18. The first-order chi connectivity index (χ1) is 8.86. The van der Waals surface area contributed by atoms with E-state index in [4.69, 9.17) is 4.52 Å². The lowest BCUT2D eigenvalue weighted by molar-refractivity contribution is 0.366. The summed E-state index contributed by atoms with van der Waals surface area (Å²) in [6, 6.07) is 10.1. The molecule has 5 nitrogen and oxygen atoms in total. The second kappa shape index (κ2) is 4.62. The minimum Gasteiger partial charge on any atom is -0.359 e. The Hall–Kier alpha value is -2.14. The Labute approximate surface area is 104 Å². The summed E-state index contributed by atoms with van der Waals surface area (Å²) in [5, 5.41) is 12.5. The van der Waals surface area contributed by atoms with Gasteiger partial charge in [-0.15, -0.1) is 0 Å². The molecule has 0 saturated heterocycles. The monoisotopic (exact) mass is 242 g/mol. The average molecular weight is 242 g/mol. The zero-order chi connectivity index (χ0) is 12.4. The number of nitrogens with zero attached hydrogens (tertiary/aromatic N) is 3. The normalized spacial score (nSPS) is 11.2. The first-order valence-corrected chi connectivity index (χ1v) is 5.86. The van der Waals surface area contributed by atoms with E-state index < -0.39 is 0 Å². The van der Waals surface area contributed by atoms with E-state index in [1.165, 1.54) is 0 Å². The summed E-state index contributed by atoms with van der Waals surface area (Å²) in [5.41, 5.74) is 2.01. The van der Waals surface area contributed by atoms with Crippen molar-refractivity contribution in [2.24, 2.45) is 0 Å². The van der Waals surface area contributed by atoms with Crippen molar-refractivity contribution in [3.8, 4) is 0 Å². The van der Waals surface area contributed by atoms with Crippen molar-refractivity contribution >= 4 is 10.9 Å². The molecule has 2 aromatic heterocycles. The van der Waals surface area contributed by atoms with Crippen molar-refractivity contribution in [1.29, 1.82) is 0 Å². The number of fused-ring (bicyclic) bond motifs is 1. The van der Waals surface area contributed by atoms with E-state index >= 15 is 0 Å². The highest BCUT2D eigenvalue weighted by molar-refractivity contribution is 5.78. The van der Waals surface area contributed by atoms with Gasteiger partial charge in [0.15, 0.2) is 5.76 Å². The molecule has 3 rings (SSSR count). The van der Waals surface area contributed by atoms with Crippen LogP contribution in [0.5, 0.6) is 0 Å². The van der Waals surface area contributed by atoms with Crippen LogP contribution in [0.15, 0.2) is 41.1 Å². The quantitative estimate of drug-likeness (QED) is 0.757. The zero-order valence-corrected chi connectivity index (χ0v) is 10.1. The van der Waals surface area contributed by atoms with Gasteiger partial charge >= 0.3 is 0 Å². The highest BCUT2D eigenvalue weighted by Crippen LogP contribution is 2.14. The van der Waals surface area contributed by atoms with Gasteiger partial charge < -0.3 is 9.84 Å². The molecule has 1 N–H and O–H groups in total. The lowest BCUT2D eigenvalue weighted by atomic mass is 10.2. The molecular weight excluding hydrogens is 228 g/mol. The van der Waals surface area contributed by atoms with Gasteiger partial charge in [0, 0.05) is 18.0 Å². The molecule has 0 atom stereocenters. The van der Waals surface area contributed by atoms with Crippen molar-refractivity contribution in [3.05, 3.63) is 48.0 Å². The Bertz CT molecular complexity index is 656. The number of rotatable bonds is 4. The molecule has 0 aliphatic heterocycles. The van der Waals surface area contributed by atoms with Gasteiger partial charge in [0.1, 0.15) is 6.54 Å². The van der Waals surface area contributed by atoms with Crippen LogP contribution in [0, 0.1) is 0 Å². The van der Waals surface area contributed by atoms with E-state index in [-0.39, 0.29) is 0 Å². The van der Waals surface area contributed by atoms with Gasteiger partial charge in [-0.3, -0.25) is 4.68 Å². The maximum absolute atomic E-state index is 5.29. The largest absolute Gasteiger partial charge is 0.359 e. The van der Waals surface area contributed by atoms with Crippen LogP contribution in [0.25, 0.3) is 10.9 Å². The number of hydrogen-bond donors (Lipinski definition) is 1. The molecular formula is C13H14N4O. The molecule has 0 aliphatic rings. The van der Waals surface area contributed by atoms with Crippen LogP contribution in [0.3, 0.4) is 0 Å². The molecule has 0 spiro atoms. The molecule has 92 valence electrons. The summed E-state index contributed by atoms with van der Waals surface area (Å²) >= 11 is 0. The van der Waals surface area contributed by atoms with Crippen LogP contribution in [-0.4, -0.2) is 22.0 Å². The first-order valence-electron chi connectivity index (χ1n) is 5.86. The lowest BCUT2D eigenvalue weighted by Crippen LogP contribution is -2.04. The fourth-order valence-corrected chi connectivity index (χ4v) is 1.99. The van der Waals surface area contributed by atoms with Gasteiger partial charge in [-0.2, -0.15) is 5.10 Å². The Morgan fingerprint density at radius 2 is 2.22 bits per heavy atom. The van der Waals surface area contributed by atoms with Gasteiger partial charge in [0.05, 0.1) is 17.4 Å². The number of aromatic nitrogens is 3. The predicted molar refractivity (Wildman–Crippen MR) is 68.1 cm³/mol. The van der Waals surface area contributed by atoms with Gasteiger partial charge in [-0.25, -0.2) is 0 Å². The fraction of sp³-hybridized carbons (Fsp3) is 0.231. The molecule has 0 amide bonds. The number of benzene rings is 1. The predicted octanol–water partition coefficient (Wildman–Crippen LogP) is 1.79. The molecule has 5 heteroatoms. The fourth-order valence-electron chi connectivity index (χ4n) is 1.99. The van der Waals surface area contributed by atoms with E-state index in [9.17, 15) is 0 Å². The van der Waals surface area contributed by atoms with Gasteiger partial charge in [0.25, 0.3) is 0 Å². The molecule has 2 heterocycles. The Kier molecular flexibility index (Phi) is 2.82. The van der Waals surface area contributed by atoms with Gasteiger partial charge in [-0.1, -0.05) is 23.4 Å². The highest BCUT2D eigenvalue weighted by Gasteiger charge is 2.07. The first kappa shape index (κ1) is 11.0. The van der Waals surface area contributed by atoms with Crippen molar-refractivity contribution in [2.75, 3.05) is 7.05 Å². The minimum absolute atomic E-state index is 0.601. The molecule has 3 aromatic rings. The molecule has 0 saturated carbocycles. The van der Waals surface area contributed by atoms with Crippen LogP contribution in [0.1, 0.15) is 11.5 Å². The van der Waals surface area contributed by atoms with Crippen LogP contribution < -0.4 is 5.32 Å². The van der Waals surface area contributed by atoms with Crippen LogP contribution in [-0.2, 0) is 13.1 Å². The standard InChI is InChI=1S/C13H14N4O/c1-14-8-11-6-12(18-16-11)9-17-13-5-3-2-4-10(13)7-15-17/h2-7,14H,8-9H2,1H3. The van der Waals surface area contributed by atoms with E-state index in [0.29, 0.717) is 13.1 Å². The molecule has 0 aliphatic carbocycles. The van der Waals surface area contributed by atoms with Gasteiger partial charge in [-0.05, 0) is 13.1 Å². The molecule has 0 fully saturated rings. The summed E-state index contributed by atoms with van der Waals surface area (Å²) in [6.45, 7) is 1.31. The van der Waals surface area contributed by atoms with Gasteiger partial charge in [0.2, 0.25) is 0 Å². The summed E-state index contributed by atoms with van der Waals surface area (Å²) < 4.78 is 7.20. The van der Waals surface area contributed by atoms with E-state index in [1.54, 1.807) is 0 Å². The van der Waals surface area contributed by atoms with Crippen LogP contribution >= 0.6 is 0 Å². The third-order valence-corrected chi connectivity index (χ3v) is 2.82. The lowest BCUT2D eigenvalue weighted by Gasteiger charge is -1.99. The van der Waals surface area contributed by atoms with Crippen molar-refractivity contribution in [2.45, 2.75) is 13.1 Å². The number of para-hydroxylation sites is 1. The second-order valence-electron chi connectivity index (χ2n) is 4.18. The maximum Gasteiger partial charge on any atom is 0.158 e. The molecule has 0 bridgehead atoms. The topological polar surface area (TPSA) is 55.9 Å². The minimum atomic E-state index is 0.601. The Morgan fingerprint density at radius 1 is 1.33 bits per heavy atom. The summed E-state index contributed by atoms with van der Waals surface area (Å²) in [4.78, 5) is 0. The third-order valence-electron chi connectivity index (χ3n) is 2.82. The van der Waals surface area contributed by atoms with Crippen molar-refractivity contribution < 1.29 is 4.52 Å². The van der Waals surface area contributed by atoms with E-state index in [0.717, 1.165) is 22.4 Å². The average Bonchev–Trinajstić information content (AvgIpc) is 2.99. The Balaban J connectivity index is 1.87.